The molecule has 1 aliphatic heterocycles. The summed E-state index contributed by atoms with van der Waals surface area (Å²) in [6, 6.07) is 0. The van der Waals surface area contributed by atoms with Gasteiger partial charge in [-0.3, -0.25) is 4.79 Å². The third-order valence-electron chi connectivity index (χ3n) is 2.23. The van der Waals surface area contributed by atoms with Gasteiger partial charge in [0.1, 0.15) is 0 Å². The van der Waals surface area contributed by atoms with Crippen LogP contribution in [0.1, 0.15) is 26.2 Å². The van der Waals surface area contributed by atoms with E-state index in [0.717, 1.165) is 19.5 Å². The zero-order chi connectivity index (χ0) is 8.81. The van der Waals surface area contributed by atoms with Crippen LogP contribution < -0.4 is 5.32 Å². The summed E-state index contributed by atoms with van der Waals surface area (Å²) in [5, 5.41) is 3.33. The van der Waals surface area contributed by atoms with Gasteiger partial charge in [0.2, 0.25) is 0 Å². The van der Waals surface area contributed by atoms with Crippen LogP contribution in [0, 0.1) is 5.92 Å². The zero-order valence-corrected chi connectivity index (χ0v) is 7.64. The van der Waals surface area contributed by atoms with Crippen LogP contribution in [0.25, 0.3) is 0 Å². The third kappa shape index (κ3) is 3.72. The van der Waals surface area contributed by atoms with Gasteiger partial charge in [0.05, 0.1) is 6.61 Å². The topological polar surface area (TPSA) is 38.3 Å². The van der Waals surface area contributed by atoms with Crippen molar-refractivity contribution in [2.24, 2.45) is 5.92 Å². The second-order valence-corrected chi connectivity index (χ2v) is 3.34. The van der Waals surface area contributed by atoms with Gasteiger partial charge >= 0.3 is 5.97 Å². The van der Waals surface area contributed by atoms with E-state index < -0.39 is 0 Å². The number of hydrogen-bond acceptors (Lipinski definition) is 3. The number of esters is 1. The van der Waals surface area contributed by atoms with Crippen LogP contribution in [-0.2, 0) is 9.53 Å². The predicted molar refractivity (Wildman–Crippen MR) is 46.8 cm³/mol. The second-order valence-electron chi connectivity index (χ2n) is 3.34. The molecule has 3 nitrogen and oxygen atoms in total. The van der Waals surface area contributed by atoms with E-state index in [4.69, 9.17) is 4.74 Å². The first-order chi connectivity index (χ1) is 5.79. The van der Waals surface area contributed by atoms with Crippen molar-refractivity contribution < 1.29 is 9.53 Å². The number of nitrogens with one attached hydrogen (secondary N) is 1. The first kappa shape index (κ1) is 9.52. The summed E-state index contributed by atoms with van der Waals surface area (Å²) in [6.45, 7) is 4.27. The Kier molecular flexibility index (Phi) is 4.08. The summed E-state index contributed by atoms with van der Waals surface area (Å²) in [4.78, 5) is 10.4. The molecule has 0 saturated carbocycles. The van der Waals surface area contributed by atoms with Crippen LogP contribution in [0.2, 0.25) is 0 Å². The van der Waals surface area contributed by atoms with Crippen molar-refractivity contribution in [2.75, 3.05) is 19.7 Å². The molecule has 0 aromatic heterocycles. The van der Waals surface area contributed by atoms with Gasteiger partial charge < -0.3 is 10.1 Å². The zero-order valence-electron chi connectivity index (χ0n) is 7.64. The molecular weight excluding hydrogens is 154 g/mol. The predicted octanol–water partition coefficient (Wildman–Crippen LogP) is 0.939. The molecule has 1 atom stereocenters. The molecule has 0 radical (unpaired) electrons. The summed E-state index contributed by atoms with van der Waals surface area (Å²) in [6.07, 6.45) is 3.53. The van der Waals surface area contributed by atoms with E-state index in [1.165, 1.54) is 19.8 Å². The normalized spacial score (nSPS) is 23.6. The number of carbonyl (C=O) groups excluding carboxylic acids is 1. The molecule has 0 bridgehead atoms. The molecule has 12 heavy (non-hydrogen) atoms. The number of piperidine rings is 1. The molecule has 1 rings (SSSR count). The lowest BCUT2D eigenvalue weighted by atomic mass is 9.97. The second kappa shape index (κ2) is 5.14. The van der Waals surface area contributed by atoms with Gasteiger partial charge in [-0.25, -0.2) is 0 Å². The molecule has 0 aromatic carbocycles. The van der Waals surface area contributed by atoms with Crippen LogP contribution in [0.4, 0.5) is 0 Å². The SMILES string of the molecule is CC(=O)OCCC1CCCNC1. The average molecular weight is 171 g/mol. The van der Waals surface area contributed by atoms with Crippen LogP contribution in [0.5, 0.6) is 0 Å². The minimum Gasteiger partial charge on any atom is -0.466 e. The van der Waals surface area contributed by atoms with E-state index in [1.54, 1.807) is 0 Å². The van der Waals surface area contributed by atoms with Gasteiger partial charge in [0.25, 0.3) is 0 Å². The molecule has 3 heteroatoms. The van der Waals surface area contributed by atoms with Gasteiger partial charge in [0, 0.05) is 6.92 Å². The molecule has 0 spiro atoms. The molecule has 1 heterocycles. The number of ether oxygens (including phenoxy) is 1. The largest absolute Gasteiger partial charge is 0.466 e. The Morgan fingerprint density at radius 1 is 1.67 bits per heavy atom. The minimum atomic E-state index is -0.168. The van der Waals surface area contributed by atoms with Gasteiger partial charge in [-0.15, -0.1) is 0 Å². The monoisotopic (exact) mass is 171 g/mol. The maximum absolute atomic E-state index is 10.4. The lowest BCUT2D eigenvalue weighted by molar-refractivity contribution is -0.141. The summed E-state index contributed by atoms with van der Waals surface area (Å²) in [5.41, 5.74) is 0. The molecule has 1 aliphatic rings. The van der Waals surface area contributed by atoms with Gasteiger partial charge in [-0.2, -0.15) is 0 Å². The van der Waals surface area contributed by atoms with E-state index in [0.29, 0.717) is 12.5 Å². The van der Waals surface area contributed by atoms with E-state index in [2.05, 4.69) is 5.32 Å². The van der Waals surface area contributed by atoms with Crippen LogP contribution in [0.15, 0.2) is 0 Å². The van der Waals surface area contributed by atoms with Crippen molar-refractivity contribution in [3.8, 4) is 0 Å². The van der Waals surface area contributed by atoms with Gasteiger partial charge in [-0.1, -0.05) is 0 Å². The molecule has 1 fully saturated rings. The maximum Gasteiger partial charge on any atom is 0.302 e. The van der Waals surface area contributed by atoms with Gasteiger partial charge in [-0.05, 0) is 38.3 Å². The molecule has 1 saturated heterocycles. The van der Waals surface area contributed by atoms with Crippen molar-refractivity contribution >= 4 is 5.97 Å². The first-order valence-electron chi connectivity index (χ1n) is 4.63. The van der Waals surface area contributed by atoms with Crippen molar-refractivity contribution in [2.45, 2.75) is 26.2 Å². The van der Waals surface area contributed by atoms with E-state index >= 15 is 0 Å². The Morgan fingerprint density at radius 2 is 2.50 bits per heavy atom. The molecule has 1 N–H and O–H groups in total. The Balaban J connectivity index is 2.01. The van der Waals surface area contributed by atoms with E-state index in [9.17, 15) is 4.79 Å². The van der Waals surface area contributed by atoms with Crippen LogP contribution >= 0.6 is 0 Å². The van der Waals surface area contributed by atoms with Gasteiger partial charge in [0.15, 0.2) is 0 Å². The fraction of sp³-hybridized carbons (Fsp3) is 0.889. The Morgan fingerprint density at radius 3 is 3.08 bits per heavy atom. The van der Waals surface area contributed by atoms with Crippen molar-refractivity contribution in [3.05, 3.63) is 0 Å². The Bertz CT molecular complexity index is 141. The average Bonchev–Trinajstić information content (AvgIpc) is 2.05. The van der Waals surface area contributed by atoms with Crippen molar-refractivity contribution in [1.29, 1.82) is 0 Å². The number of rotatable bonds is 3. The molecule has 1 unspecified atom stereocenters. The fourth-order valence-corrected chi connectivity index (χ4v) is 1.54. The van der Waals surface area contributed by atoms with Crippen LogP contribution in [-0.4, -0.2) is 25.7 Å². The number of carbonyl (C=O) groups is 1. The lowest BCUT2D eigenvalue weighted by Gasteiger charge is -2.22. The Hall–Kier alpha value is -0.570. The van der Waals surface area contributed by atoms with Crippen LogP contribution in [0.3, 0.4) is 0 Å². The smallest absolute Gasteiger partial charge is 0.302 e. The highest BCUT2D eigenvalue weighted by Crippen LogP contribution is 2.13. The minimum absolute atomic E-state index is 0.168. The third-order valence-corrected chi connectivity index (χ3v) is 2.23. The highest BCUT2D eigenvalue weighted by Gasteiger charge is 2.12. The standard InChI is InChI=1S/C9H17NO2/c1-8(11)12-6-4-9-3-2-5-10-7-9/h9-10H,2-7H2,1H3. The number of hydrogen-bond donors (Lipinski definition) is 1. The van der Waals surface area contributed by atoms with Crippen molar-refractivity contribution in [1.82, 2.24) is 5.32 Å². The maximum atomic E-state index is 10.4. The highest BCUT2D eigenvalue weighted by molar-refractivity contribution is 5.65. The fourth-order valence-electron chi connectivity index (χ4n) is 1.54. The summed E-state index contributed by atoms with van der Waals surface area (Å²) in [5.74, 6) is 0.539. The lowest BCUT2D eigenvalue weighted by Crippen LogP contribution is -2.30. The highest BCUT2D eigenvalue weighted by atomic mass is 16.5. The summed E-state index contributed by atoms with van der Waals surface area (Å²) >= 11 is 0. The first-order valence-corrected chi connectivity index (χ1v) is 4.63. The molecular formula is C9H17NO2. The molecule has 0 aliphatic carbocycles. The molecule has 70 valence electrons. The molecule has 0 amide bonds. The molecule has 0 aromatic rings. The Labute approximate surface area is 73.5 Å². The summed E-state index contributed by atoms with van der Waals surface area (Å²) < 4.78 is 4.88. The van der Waals surface area contributed by atoms with E-state index in [1.807, 2.05) is 0 Å². The van der Waals surface area contributed by atoms with Crippen molar-refractivity contribution in [3.63, 3.8) is 0 Å². The summed E-state index contributed by atoms with van der Waals surface area (Å²) in [7, 11) is 0. The quantitative estimate of drug-likeness (QED) is 0.642. The van der Waals surface area contributed by atoms with E-state index in [-0.39, 0.29) is 5.97 Å².